The van der Waals surface area contributed by atoms with E-state index in [0.29, 0.717) is 19.1 Å². The third-order valence-electron chi connectivity index (χ3n) is 8.57. The van der Waals surface area contributed by atoms with Crippen LogP contribution in [0.3, 0.4) is 0 Å². The minimum Gasteiger partial charge on any atom is -0.493 e. The lowest BCUT2D eigenvalue weighted by Gasteiger charge is -2.43. The van der Waals surface area contributed by atoms with Crippen LogP contribution in [0.2, 0.25) is 5.02 Å². The van der Waals surface area contributed by atoms with Crippen molar-refractivity contribution in [2.75, 3.05) is 52.9 Å². The fourth-order valence-corrected chi connectivity index (χ4v) is 6.38. The maximum Gasteiger partial charge on any atom is 0.223 e. The van der Waals surface area contributed by atoms with Gasteiger partial charge in [-0.15, -0.1) is 0 Å². The third-order valence-corrected chi connectivity index (χ3v) is 8.99. The molecule has 2 aliphatic heterocycles. The molecule has 0 spiro atoms. The summed E-state index contributed by atoms with van der Waals surface area (Å²) in [5, 5.41) is 2.07. The van der Waals surface area contributed by atoms with Crippen LogP contribution in [-0.2, 0) is 11.3 Å². The first kappa shape index (κ1) is 28.0. The molecule has 7 heteroatoms. The summed E-state index contributed by atoms with van der Waals surface area (Å²) in [5.41, 5.74) is 3.42. The lowest BCUT2D eigenvalue weighted by Crippen LogP contribution is -2.52. The summed E-state index contributed by atoms with van der Waals surface area (Å²) in [6, 6.07) is 14.9. The summed E-state index contributed by atoms with van der Waals surface area (Å²) < 4.78 is 8.81. The zero-order valence-corrected chi connectivity index (χ0v) is 24.7. The van der Waals surface area contributed by atoms with Crippen LogP contribution in [0, 0.1) is 12.3 Å². The van der Waals surface area contributed by atoms with E-state index >= 15 is 0 Å². The van der Waals surface area contributed by atoms with Crippen LogP contribution < -0.4 is 4.74 Å². The SMILES string of the molecule is Cc1cc(OC[C@@]2(CC(=O)N3CCN(C)CC3)CCCN(Cc3cn(C(C)C)c4ccccc34)C2)ccc1Cl. The van der Waals surface area contributed by atoms with Crippen molar-refractivity contribution in [2.45, 2.75) is 52.6 Å². The first-order chi connectivity index (χ1) is 18.7. The van der Waals surface area contributed by atoms with Crippen molar-refractivity contribution in [3.8, 4) is 5.75 Å². The smallest absolute Gasteiger partial charge is 0.223 e. The van der Waals surface area contributed by atoms with Crippen LogP contribution in [-0.4, -0.2) is 78.1 Å². The summed E-state index contributed by atoms with van der Waals surface area (Å²) in [4.78, 5) is 20.5. The second-order valence-electron chi connectivity index (χ2n) is 12.0. The highest BCUT2D eigenvalue weighted by molar-refractivity contribution is 6.31. The van der Waals surface area contributed by atoms with Gasteiger partial charge in [-0.3, -0.25) is 9.69 Å². The Kier molecular flexibility index (Phi) is 8.55. The topological polar surface area (TPSA) is 41.0 Å². The number of likely N-dealkylation sites (tertiary alicyclic amines) is 1. The van der Waals surface area contributed by atoms with Gasteiger partial charge in [-0.25, -0.2) is 0 Å². The zero-order chi connectivity index (χ0) is 27.6. The van der Waals surface area contributed by atoms with Gasteiger partial charge in [0.1, 0.15) is 5.75 Å². The van der Waals surface area contributed by atoms with E-state index in [4.69, 9.17) is 16.3 Å². The standard InChI is InChI=1S/C32H43ClN4O2/c1-24(2)37-21-26(28-8-5-6-9-30(28)37)20-35-13-7-12-32(22-35,19-31(38)36-16-14-34(4)15-17-36)23-39-27-10-11-29(33)25(3)18-27/h5-6,8-11,18,21,24H,7,12-17,19-20,22-23H2,1-4H3/t32-/m1/s1. The molecule has 3 heterocycles. The molecular formula is C32H43ClN4O2. The molecular weight excluding hydrogens is 508 g/mol. The van der Waals surface area contributed by atoms with E-state index in [2.05, 4.69) is 70.6 Å². The molecule has 2 fully saturated rings. The average Bonchev–Trinajstić information content (AvgIpc) is 3.28. The van der Waals surface area contributed by atoms with Crippen molar-refractivity contribution in [1.82, 2.24) is 19.3 Å². The van der Waals surface area contributed by atoms with Crippen molar-refractivity contribution in [3.63, 3.8) is 0 Å². The highest BCUT2D eigenvalue weighted by Gasteiger charge is 2.40. The number of benzene rings is 2. The number of para-hydroxylation sites is 1. The molecule has 0 unspecified atom stereocenters. The summed E-state index contributed by atoms with van der Waals surface area (Å²) in [5.74, 6) is 1.08. The molecule has 2 aliphatic rings. The van der Waals surface area contributed by atoms with E-state index in [9.17, 15) is 4.79 Å². The maximum atomic E-state index is 13.6. The molecule has 6 nitrogen and oxygen atoms in total. The Labute approximate surface area is 238 Å². The van der Waals surface area contributed by atoms with E-state index in [-0.39, 0.29) is 11.3 Å². The van der Waals surface area contributed by atoms with Gasteiger partial charge in [0.15, 0.2) is 0 Å². The van der Waals surface area contributed by atoms with Gasteiger partial charge in [-0.05, 0) is 82.6 Å². The van der Waals surface area contributed by atoms with Crippen molar-refractivity contribution >= 4 is 28.4 Å². The summed E-state index contributed by atoms with van der Waals surface area (Å²) >= 11 is 6.26. The van der Waals surface area contributed by atoms with Crippen LogP contribution in [0.5, 0.6) is 5.75 Å². The maximum absolute atomic E-state index is 13.6. The Morgan fingerprint density at radius 3 is 2.59 bits per heavy atom. The number of ether oxygens (including phenoxy) is 1. The molecule has 0 saturated carbocycles. The predicted molar refractivity (Wildman–Crippen MR) is 160 cm³/mol. The average molecular weight is 551 g/mol. The number of carbonyl (C=O) groups excluding carboxylic acids is 1. The van der Waals surface area contributed by atoms with E-state index in [1.54, 1.807) is 0 Å². The molecule has 1 atom stereocenters. The predicted octanol–water partition coefficient (Wildman–Crippen LogP) is 6.01. The molecule has 5 rings (SSSR count). The number of piperidine rings is 1. The van der Waals surface area contributed by atoms with Crippen LogP contribution in [0.1, 0.15) is 50.3 Å². The number of aromatic nitrogens is 1. The highest BCUT2D eigenvalue weighted by atomic mass is 35.5. The molecule has 2 saturated heterocycles. The number of piperazine rings is 1. The largest absolute Gasteiger partial charge is 0.493 e. The Hall–Kier alpha value is -2.54. The molecule has 0 bridgehead atoms. The van der Waals surface area contributed by atoms with Gasteiger partial charge in [0.05, 0.1) is 6.61 Å². The van der Waals surface area contributed by atoms with E-state index in [1.165, 1.54) is 16.5 Å². The van der Waals surface area contributed by atoms with Crippen LogP contribution in [0.15, 0.2) is 48.7 Å². The minimum atomic E-state index is -0.233. The molecule has 39 heavy (non-hydrogen) atoms. The Morgan fingerprint density at radius 2 is 1.85 bits per heavy atom. The van der Waals surface area contributed by atoms with Gasteiger partial charge in [0.25, 0.3) is 0 Å². The second kappa shape index (κ2) is 11.9. The second-order valence-corrected chi connectivity index (χ2v) is 12.5. The number of hydrogen-bond acceptors (Lipinski definition) is 4. The molecule has 0 aliphatic carbocycles. The number of nitrogens with zero attached hydrogens (tertiary/aromatic N) is 4. The highest BCUT2D eigenvalue weighted by Crippen LogP contribution is 2.37. The normalized spacial score (nSPS) is 21.1. The van der Waals surface area contributed by atoms with Crippen molar-refractivity contribution in [2.24, 2.45) is 5.41 Å². The lowest BCUT2D eigenvalue weighted by atomic mass is 9.77. The number of amides is 1. The number of carbonyl (C=O) groups is 1. The van der Waals surface area contributed by atoms with Crippen molar-refractivity contribution < 1.29 is 9.53 Å². The van der Waals surface area contributed by atoms with Gasteiger partial charge in [0, 0.05) is 79.3 Å². The van der Waals surface area contributed by atoms with Crippen LogP contribution >= 0.6 is 11.6 Å². The first-order valence-electron chi connectivity index (χ1n) is 14.4. The third kappa shape index (κ3) is 6.45. The van der Waals surface area contributed by atoms with Gasteiger partial charge in [-0.2, -0.15) is 0 Å². The van der Waals surface area contributed by atoms with Gasteiger partial charge in [0.2, 0.25) is 5.91 Å². The number of likely N-dealkylation sites (N-methyl/N-ethyl adjacent to an activating group) is 1. The van der Waals surface area contributed by atoms with Crippen molar-refractivity contribution in [3.05, 3.63) is 64.8 Å². The number of fused-ring (bicyclic) bond motifs is 1. The van der Waals surface area contributed by atoms with E-state index < -0.39 is 0 Å². The Morgan fingerprint density at radius 1 is 1.08 bits per heavy atom. The monoisotopic (exact) mass is 550 g/mol. The molecule has 2 aromatic carbocycles. The van der Waals surface area contributed by atoms with Crippen LogP contribution in [0.4, 0.5) is 0 Å². The van der Waals surface area contributed by atoms with Gasteiger partial charge >= 0.3 is 0 Å². The van der Waals surface area contributed by atoms with Crippen molar-refractivity contribution in [1.29, 1.82) is 0 Å². The molecule has 210 valence electrons. The minimum absolute atomic E-state index is 0.233. The van der Waals surface area contributed by atoms with E-state index in [0.717, 1.165) is 75.0 Å². The van der Waals surface area contributed by atoms with Crippen LogP contribution in [0.25, 0.3) is 10.9 Å². The van der Waals surface area contributed by atoms with Gasteiger partial charge in [-0.1, -0.05) is 29.8 Å². The Balaban J connectivity index is 1.37. The zero-order valence-electron chi connectivity index (χ0n) is 24.0. The number of halogens is 1. The fourth-order valence-electron chi connectivity index (χ4n) is 6.26. The molecule has 3 aromatic rings. The number of hydrogen-bond donors (Lipinski definition) is 0. The molecule has 1 aromatic heterocycles. The quantitative estimate of drug-likeness (QED) is 0.344. The van der Waals surface area contributed by atoms with Gasteiger partial charge < -0.3 is 19.1 Å². The number of rotatable bonds is 8. The molecule has 0 N–H and O–H groups in total. The summed E-state index contributed by atoms with van der Waals surface area (Å²) in [7, 11) is 2.13. The number of aryl methyl sites for hydroxylation is 1. The lowest BCUT2D eigenvalue weighted by molar-refractivity contribution is -0.137. The molecule has 0 radical (unpaired) electrons. The summed E-state index contributed by atoms with van der Waals surface area (Å²) in [6.45, 7) is 13.2. The fraction of sp³-hybridized carbons (Fsp3) is 0.531. The first-order valence-corrected chi connectivity index (χ1v) is 14.8. The van der Waals surface area contributed by atoms with E-state index in [1.807, 2.05) is 25.1 Å². The summed E-state index contributed by atoms with van der Waals surface area (Å²) in [6.07, 6.45) is 4.90. The Bertz CT molecular complexity index is 1300. The molecule has 1 amide bonds.